The van der Waals surface area contributed by atoms with Crippen molar-refractivity contribution in [2.24, 2.45) is 0 Å². The Kier molecular flexibility index (Phi) is 9.40. The van der Waals surface area contributed by atoms with Crippen molar-refractivity contribution in [1.29, 1.82) is 0 Å². The van der Waals surface area contributed by atoms with Crippen LogP contribution in [0.3, 0.4) is 0 Å². The number of nitrogens with one attached hydrogen (secondary N) is 2. The van der Waals surface area contributed by atoms with E-state index in [9.17, 15) is 4.79 Å². The molecule has 5 nitrogen and oxygen atoms in total. The average Bonchev–Trinajstić information content (AvgIpc) is 2.30. The van der Waals surface area contributed by atoms with E-state index in [1.807, 2.05) is 6.07 Å². The van der Waals surface area contributed by atoms with Crippen LogP contribution >= 0.6 is 40.7 Å². The van der Waals surface area contributed by atoms with Crippen molar-refractivity contribution >= 4 is 52.5 Å². The Morgan fingerprint density at radius 1 is 1.38 bits per heavy atom. The maximum Gasteiger partial charge on any atom is 0.239 e. The van der Waals surface area contributed by atoms with Gasteiger partial charge in [-0.15, -0.1) is 24.8 Å². The number of rotatable bonds is 3. The highest BCUT2D eigenvalue weighted by molar-refractivity contribution is 9.10. The highest BCUT2D eigenvalue weighted by atomic mass is 79.9. The molecule has 2 unspecified atom stereocenters. The molecular formula is C13H21BrCl2N4O. The van der Waals surface area contributed by atoms with E-state index in [1.54, 1.807) is 12.3 Å². The molecule has 1 fully saturated rings. The normalized spacial score (nSPS) is 21.9. The molecule has 0 spiro atoms. The Morgan fingerprint density at radius 2 is 2.00 bits per heavy atom. The highest BCUT2D eigenvalue weighted by Crippen LogP contribution is 2.10. The third-order valence-electron chi connectivity index (χ3n) is 3.00. The Hall–Kier alpha value is -0.400. The van der Waals surface area contributed by atoms with Gasteiger partial charge in [0, 0.05) is 35.8 Å². The first-order valence-electron chi connectivity index (χ1n) is 6.43. The van der Waals surface area contributed by atoms with Gasteiger partial charge in [-0.2, -0.15) is 0 Å². The molecule has 1 aromatic heterocycles. The number of amides is 1. The third kappa shape index (κ3) is 6.93. The van der Waals surface area contributed by atoms with Gasteiger partial charge in [0.2, 0.25) is 5.91 Å². The van der Waals surface area contributed by atoms with Crippen LogP contribution in [0.25, 0.3) is 0 Å². The average molecular weight is 400 g/mol. The summed E-state index contributed by atoms with van der Waals surface area (Å²) in [5.74, 6) is 0.570. The molecule has 1 aliphatic rings. The largest absolute Gasteiger partial charge is 0.310 e. The summed E-state index contributed by atoms with van der Waals surface area (Å²) in [6.45, 7) is 6.47. The van der Waals surface area contributed by atoms with Crippen LogP contribution in [0.5, 0.6) is 0 Å². The molecule has 0 aliphatic carbocycles. The van der Waals surface area contributed by atoms with Crippen molar-refractivity contribution in [2.75, 3.05) is 25.0 Å². The number of carbonyl (C=O) groups excluding carboxylic acids is 1. The van der Waals surface area contributed by atoms with Gasteiger partial charge in [-0.05, 0) is 41.9 Å². The van der Waals surface area contributed by atoms with E-state index < -0.39 is 0 Å². The van der Waals surface area contributed by atoms with Crippen LogP contribution in [0.2, 0.25) is 0 Å². The second-order valence-electron chi connectivity index (χ2n) is 5.07. The lowest BCUT2D eigenvalue weighted by atomic mass is 10.1. The van der Waals surface area contributed by atoms with Crippen LogP contribution in [0.15, 0.2) is 22.8 Å². The SMILES string of the molecule is CC1CN(CC(=O)Nc2ccc(Br)cn2)CC(C)N1.Cl.Cl. The molecule has 0 bridgehead atoms. The molecule has 2 N–H and O–H groups in total. The minimum Gasteiger partial charge on any atom is -0.310 e. The zero-order valence-electron chi connectivity index (χ0n) is 12.0. The summed E-state index contributed by atoms with van der Waals surface area (Å²) < 4.78 is 0.898. The van der Waals surface area contributed by atoms with Crippen LogP contribution in [0, 0.1) is 0 Å². The number of anilines is 1. The molecule has 1 aliphatic heterocycles. The van der Waals surface area contributed by atoms with Gasteiger partial charge >= 0.3 is 0 Å². The number of hydrogen-bond donors (Lipinski definition) is 2. The number of aromatic nitrogens is 1. The monoisotopic (exact) mass is 398 g/mol. The lowest BCUT2D eigenvalue weighted by molar-refractivity contribution is -0.117. The van der Waals surface area contributed by atoms with Crippen LogP contribution < -0.4 is 10.6 Å². The summed E-state index contributed by atoms with van der Waals surface area (Å²) in [5.41, 5.74) is 0. The number of carbonyl (C=O) groups is 1. The zero-order chi connectivity index (χ0) is 13.8. The van der Waals surface area contributed by atoms with E-state index >= 15 is 0 Å². The summed E-state index contributed by atoms with van der Waals surface area (Å²) >= 11 is 3.31. The summed E-state index contributed by atoms with van der Waals surface area (Å²) in [5, 5.41) is 6.26. The molecule has 120 valence electrons. The molecule has 2 heterocycles. The maximum absolute atomic E-state index is 12.0. The number of hydrogen-bond acceptors (Lipinski definition) is 4. The molecule has 2 atom stereocenters. The first-order valence-corrected chi connectivity index (χ1v) is 7.22. The van der Waals surface area contributed by atoms with E-state index in [-0.39, 0.29) is 30.7 Å². The standard InChI is InChI=1S/C13H19BrN4O.2ClH/c1-9-6-18(7-10(2)16-9)8-13(19)17-12-4-3-11(14)5-15-12;;/h3-5,9-10,16H,6-8H2,1-2H3,(H,15,17,19);2*1H. The zero-order valence-corrected chi connectivity index (χ0v) is 15.2. The van der Waals surface area contributed by atoms with E-state index in [1.165, 1.54) is 0 Å². The molecule has 2 rings (SSSR count). The quantitative estimate of drug-likeness (QED) is 0.818. The molecular weight excluding hydrogens is 379 g/mol. The van der Waals surface area contributed by atoms with Crippen LogP contribution in [0.4, 0.5) is 5.82 Å². The summed E-state index contributed by atoms with van der Waals surface area (Å²) in [7, 11) is 0. The molecule has 1 saturated heterocycles. The van der Waals surface area contributed by atoms with E-state index in [4.69, 9.17) is 0 Å². The molecule has 1 amide bonds. The molecule has 21 heavy (non-hydrogen) atoms. The highest BCUT2D eigenvalue weighted by Gasteiger charge is 2.22. The molecule has 0 saturated carbocycles. The van der Waals surface area contributed by atoms with Crippen molar-refractivity contribution in [3.05, 3.63) is 22.8 Å². The van der Waals surface area contributed by atoms with Crippen LogP contribution in [-0.2, 0) is 4.79 Å². The van der Waals surface area contributed by atoms with Crippen molar-refractivity contribution in [2.45, 2.75) is 25.9 Å². The first kappa shape index (κ1) is 20.6. The number of halogens is 3. The minimum absolute atomic E-state index is 0. The molecule has 8 heteroatoms. The fraction of sp³-hybridized carbons (Fsp3) is 0.538. The van der Waals surface area contributed by atoms with Gasteiger partial charge < -0.3 is 10.6 Å². The van der Waals surface area contributed by atoms with E-state index in [0.29, 0.717) is 24.4 Å². The topological polar surface area (TPSA) is 57.3 Å². The van der Waals surface area contributed by atoms with Crippen molar-refractivity contribution in [3.8, 4) is 0 Å². The molecule has 1 aromatic rings. The Balaban J connectivity index is 0.00000200. The van der Waals surface area contributed by atoms with Gasteiger partial charge in [0.1, 0.15) is 5.82 Å². The predicted octanol–water partition coefficient (Wildman–Crippen LogP) is 2.31. The molecule has 0 aromatic carbocycles. The maximum atomic E-state index is 12.0. The predicted molar refractivity (Wildman–Crippen MR) is 93.6 cm³/mol. The van der Waals surface area contributed by atoms with Crippen molar-refractivity contribution in [1.82, 2.24) is 15.2 Å². The van der Waals surface area contributed by atoms with Gasteiger partial charge in [0.25, 0.3) is 0 Å². The van der Waals surface area contributed by atoms with E-state index in [0.717, 1.165) is 17.6 Å². The van der Waals surface area contributed by atoms with Gasteiger partial charge in [-0.25, -0.2) is 4.98 Å². The number of nitrogens with zero attached hydrogens (tertiary/aromatic N) is 2. The van der Waals surface area contributed by atoms with Crippen molar-refractivity contribution < 1.29 is 4.79 Å². The first-order chi connectivity index (χ1) is 9.02. The Morgan fingerprint density at radius 3 is 2.52 bits per heavy atom. The number of pyridine rings is 1. The Labute approximate surface area is 146 Å². The van der Waals surface area contributed by atoms with Crippen LogP contribution in [0.1, 0.15) is 13.8 Å². The molecule has 0 radical (unpaired) electrons. The summed E-state index contributed by atoms with van der Waals surface area (Å²) in [6.07, 6.45) is 1.67. The smallest absolute Gasteiger partial charge is 0.239 e. The minimum atomic E-state index is -0.0175. The second-order valence-corrected chi connectivity index (χ2v) is 5.99. The summed E-state index contributed by atoms with van der Waals surface area (Å²) in [4.78, 5) is 18.3. The van der Waals surface area contributed by atoms with Crippen molar-refractivity contribution in [3.63, 3.8) is 0 Å². The number of piperazine rings is 1. The fourth-order valence-corrected chi connectivity index (χ4v) is 2.64. The third-order valence-corrected chi connectivity index (χ3v) is 3.46. The Bertz CT molecular complexity index is 436. The summed E-state index contributed by atoms with van der Waals surface area (Å²) in [6, 6.07) is 4.48. The van der Waals surface area contributed by atoms with Gasteiger partial charge in [-0.3, -0.25) is 9.69 Å². The fourth-order valence-electron chi connectivity index (χ4n) is 2.40. The van der Waals surface area contributed by atoms with Gasteiger partial charge in [0.05, 0.1) is 6.54 Å². The second kappa shape index (κ2) is 9.58. The lowest BCUT2D eigenvalue weighted by Gasteiger charge is -2.35. The van der Waals surface area contributed by atoms with E-state index in [2.05, 4.69) is 50.3 Å². The van der Waals surface area contributed by atoms with Crippen LogP contribution in [-0.4, -0.2) is 47.5 Å². The van der Waals surface area contributed by atoms with Gasteiger partial charge in [-0.1, -0.05) is 0 Å². The lowest BCUT2D eigenvalue weighted by Crippen LogP contribution is -2.55. The van der Waals surface area contributed by atoms with Gasteiger partial charge in [0.15, 0.2) is 0 Å².